The maximum absolute atomic E-state index is 12.8. The lowest BCUT2D eigenvalue weighted by Gasteiger charge is -2.62. The zero-order valence-corrected chi connectivity index (χ0v) is 46.3. The van der Waals surface area contributed by atoms with E-state index in [0.29, 0.717) is 41.9 Å². The third-order valence-electron chi connectivity index (χ3n) is 18.8. The molecule has 70 heavy (non-hydrogen) atoms. The molecule has 6 bridgehead atoms. The zero-order chi connectivity index (χ0) is 52.4. The highest BCUT2D eigenvalue weighted by Crippen LogP contribution is 2.62. The molecule has 2 aliphatic heterocycles. The predicted molar refractivity (Wildman–Crippen MR) is 266 cm³/mol. The Morgan fingerprint density at radius 3 is 1.56 bits per heavy atom. The van der Waals surface area contributed by atoms with E-state index < -0.39 is 23.1 Å². The minimum absolute atomic E-state index is 0.0226. The first kappa shape index (κ1) is 57.5. The lowest BCUT2D eigenvalue weighted by molar-refractivity contribution is -0.231. The first-order valence-electron chi connectivity index (χ1n) is 27.4. The summed E-state index contributed by atoms with van der Waals surface area (Å²) in [7, 11) is 0. The number of ether oxygens (including phenoxy) is 7. The summed E-state index contributed by atoms with van der Waals surface area (Å²) in [5.74, 6) is 4.10. The van der Waals surface area contributed by atoms with Crippen LogP contribution in [0.5, 0.6) is 0 Å². The second kappa shape index (κ2) is 22.4. The molecule has 6 unspecified atom stereocenters. The van der Waals surface area contributed by atoms with Crippen LogP contribution >= 0.6 is 0 Å². The molecule has 9 fully saturated rings. The molecule has 2 heterocycles. The molecular formula is C57H94O13. The molecule has 6 atom stereocenters. The lowest BCUT2D eigenvalue weighted by atomic mass is 9.47. The molecule has 2 saturated heterocycles. The highest BCUT2D eigenvalue weighted by Gasteiger charge is 2.64. The molecule has 0 aromatic carbocycles. The molecule has 9 rings (SSSR count). The van der Waals surface area contributed by atoms with Crippen LogP contribution < -0.4 is 0 Å². The normalized spacial score (nSPS) is 32.1. The van der Waals surface area contributed by atoms with Crippen LogP contribution in [0.15, 0.2) is 0 Å². The minimum atomic E-state index is -0.703. The van der Waals surface area contributed by atoms with E-state index in [1.807, 2.05) is 76.2 Å². The van der Waals surface area contributed by atoms with E-state index in [-0.39, 0.29) is 83.2 Å². The average Bonchev–Trinajstić information content (AvgIpc) is 4.15. The maximum Gasteiger partial charge on any atom is 0.508 e. The van der Waals surface area contributed by atoms with E-state index in [9.17, 15) is 28.8 Å². The van der Waals surface area contributed by atoms with Crippen LogP contribution in [0, 0.1) is 74.9 Å². The summed E-state index contributed by atoms with van der Waals surface area (Å²) in [5, 5.41) is 0. The molecule has 13 heteroatoms. The van der Waals surface area contributed by atoms with Crippen molar-refractivity contribution in [3.63, 3.8) is 0 Å². The van der Waals surface area contributed by atoms with Gasteiger partial charge in [-0.3, -0.25) is 24.0 Å². The Morgan fingerprint density at radius 2 is 1.10 bits per heavy atom. The van der Waals surface area contributed by atoms with Gasteiger partial charge in [-0.05, 0) is 187 Å². The molecule has 0 spiro atoms. The van der Waals surface area contributed by atoms with Crippen LogP contribution in [-0.4, -0.2) is 78.7 Å². The molecular weight excluding hydrogens is 893 g/mol. The summed E-state index contributed by atoms with van der Waals surface area (Å²) >= 11 is 0. The van der Waals surface area contributed by atoms with Crippen LogP contribution in [0.4, 0.5) is 4.79 Å². The van der Waals surface area contributed by atoms with Gasteiger partial charge in [0.2, 0.25) is 0 Å². The van der Waals surface area contributed by atoms with Gasteiger partial charge >= 0.3 is 36.0 Å². The zero-order valence-electron chi connectivity index (χ0n) is 46.3. The van der Waals surface area contributed by atoms with Gasteiger partial charge in [0.05, 0.1) is 27.6 Å². The fourth-order valence-corrected chi connectivity index (χ4v) is 12.3. The Hall–Kier alpha value is -3.38. The van der Waals surface area contributed by atoms with Crippen molar-refractivity contribution in [2.75, 3.05) is 13.2 Å². The van der Waals surface area contributed by atoms with Crippen molar-refractivity contribution >= 4 is 36.0 Å². The Balaban J connectivity index is 0.000000176. The second-order valence-electron chi connectivity index (χ2n) is 25.6. The molecule has 13 nitrogen and oxygen atoms in total. The van der Waals surface area contributed by atoms with Crippen LogP contribution in [0.25, 0.3) is 0 Å². The number of esters is 5. The summed E-state index contributed by atoms with van der Waals surface area (Å²) in [6, 6.07) is 0. The predicted octanol–water partition coefficient (Wildman–Crippen LogP) is 12.2. The number of hydrogen-bond donors (Lipinski definition) is 0. The van der Waals surface area contributed by atoms with Crippen molar-refractivity contribution in [1.82, 2.24) is 0 Å². The maximum atomic E-state index is 12.8. The first-order chi connectivity index (χ1) is 32.5. The van der Waals surface area contributed by atoms with E-state index in [2.05, 4.69) is 39.4 Å². The Bertz CT molecular complexity index is 1820. The van der Waals surface area contributed by atoms with Crippen molar-refractivity contribution in [2.24, 2.45) is 74.9 Å². The van der Waals surface area contributed by atoms with Gasteiger partial charge in [0, 0.05) is 11.8 Å². The number of fused-ring (bicyclic) bond motifs is 1. The van der Waals surface area contributed by atoms with Crippen molar-refractivity contribution in [3.8, 4) is 0 Å². The van der Waals surface area contributed by atoms with Crippen LogP contribution in [0.1, 0.15) is 207 Å². The van der Waals surface area contributed by atoms with E-state index >= 15 is 0 Å². The number of hydrogen-bond acceptors (Lipinski definition) is 13. The van der Waals surface area contributed by atoms with Gasteiger partial charge < -0.3 is 33.2 Å². The second-order valence-corrected chi connectivity index (χ2v) is 25.6. The Kier molecular flexibility index (Phi) is 18.4. The molecule has 0 amide bonds. The number of carbonyl (C=O) groups is 6. The molecule has 7 aliphatic carbocycles. The summed E-state index contributed by atoms with van der Waals surface area (Å²) in [6.45, 7) is 32.5. The van der Waals surface area contributed by atoms with Gasteiger partial charge in [-0.2, -0.15) is 0 Å². The molecule has 9 aliphatic rings. The van der Waals surface area contributed by atoms with Crippen molar-refractivity contribution in [2.45, 2.75) is 237 Å². The molecule has 7 saturated carbocycles. The van der Waals surface area contributed by atoms with Gasteiger partial charge in [-0.15, -0.1) is 0 Å². The topological polar surface area (TPSA) is 167 Å². The van der Waals surface area contributed by atoms with E-state index in [1.165, 1.54) is 44.9 Å². The van der Waals surface area contributed by atoms with Gasteiger partial charge in [-0.1, -0.05) is 55.4 Å². The first-order valence-corrected chi connectivity index (χ1v) is 27.4. The van der Waals surface area contributed by atoms with Gasteiger partial charge in [0.15, 0.2) is 6.10 Å². The number of rotatable bonds is 15. The lowest BCUT2D eigenvalue weighted by Crippen LogP contribution is -2.63. The summed E-state index contributed by atoms with van der Waals surface area (Å²) in [4.78, 5) is 70.7. The van der Waals surface area contributed by atoms with Gasteiger partial charge in [0.1, 0.15) is 36.6 Å². The van der Waals surface area contributed by atoms with Crippen LogP contribution in [0.3, 0.4) is 0 Å². The third-order valence-corrected chi connectivity index (χ3v) is 18.8. The van der Waals surface area contributed by atoms with Crippen molar-refractivity contribution < 1.29 is 61.9 Å². The molecule has 400 valence electrons. The molecule has 0 N–H and O–H groups in total. The Morgan fingerprint density at radius 1 is 0.614 bits per heavy atom. The quantitative estimate of drug-likeness (QED) is 0.112. The highest BCUT2D eigenvalue weighted by molar-refractivity contribution is 5.79. The van der Waals surface area contributed by atoms with E-state index in [1.54, 1.807) is 0 Å². The number of cyclic esters (lactones) is 2. The van der Waals surface area contributed by atoms with Gasteiger partial charge in [-0.25, -0.2) is 4.79 Å². The summed E-state index contributed by atoms with van der Waals surface area (Å²) in [6.07, 6.45) is 14.5. The minimum Gasteiger partial charge on any atom is -0.461 e. The highest BCUT2D eigenvalue weighted by atomic mass is 16.8. The van der Waals surface area contributed by atoms with E-state index in [0.717, 1.165) is 56.8 Å². The fourth-order valence-electron chi connectivity index (χ4n) is 12.3. The molecule has 0 aromatic rings. The monoisotopic (exact) mass is 987 g/mol. The smallest absolute Gasteiger partial charge is 0.461 e. The van der Waals surface area contributed by atoms with Crippen molar-refractivity contribution in [1.29, 1.82) is 0 Å². The van der Waals surface area contributed by atoms with Crippen molar-refractivity contribution in [3.05, 3.63) is 0 Å². The van der Waals surface area contributed by atoms with Crippen LogP contribution in [-0.2, 0) is 57.1 Å². The third kappa shape index (κ3) is 12.3. The Labute approximate surface area is 421 Å². The largest absolute Gasteiger partial charge is 0.508 e. The fraction of sp³-hybridized carbons (Fsp3) is 0.895. The SMILES string of the molecule is CCC(C)(C)C(=O)OC1(C(C)C)C2CC3CC(C2)CC1C3.CCC(C)(C)C(=O)OC1(C(C)C)CCCC1.CCC(C)(C)C(=O)OC1C2CC3C(=O)OC1C3C2.CCC(C)(C)C(=O)OCC1COC(=O)O1. The average molecular weight is 987 g/mol. The summed E-state index contributed by atoms with van der Waals surface area (Å²) in [5.41, 5.74) is -1.99. The van der Waals surface area contributed by atoms with E-state index in [4.69, 9.17) is 28.4 Å². The summed E-state index contributed by atoms with van der Waals surface area (Å²) < 4.78 is 37.6. The standard InChI is InChI=1S/C19H32O2.C14H20O4.C14H26O2.C10H16O5/c1-6-18(4,5)17(20)21-19(12(2)3)15-8-13-7-14(10-15)11-16(19)9-13;1-4-14(2,3)13(16)18-10-7-5-8-9(6-7)12(15)17-11(8)10;1-6-13(4,5)12(15)16-14(11(2)3)9-7-8-10-14;1-4-10(2,3)8(11)13-5-7-6-14-9(12)15-7/h12-16H,6-11H2,1-5H3;7-11H,4-6H2,1-3H3;11H,6-10H2,1-5H3;7H,4-6H2,1-3H3. The van der Waals surface area contributed by atoms with Gasteiger partial charge in [0.25, 0.3) is 0 Å². The van der Waals surface area contributed by atoms with Crippen LogP contribution in [0.2, 0.25) is 0 Å². The molecule has 0 radical (unpaired) electrons. The molecule has 0 aromatic heterocycles. The number of carbonyl (C=O) groups excluding carboxylic acids is 6.